The number of nitrogens with one attached hydrogen (secondary N) is 1. The van der Waals surface area contributed by atoms with Gasteiger partial charge in [-0.05, 0) is 57.5 Å². The number of carbonyl (C=O) groups is 2. The Morgan fingerprint density at radius 1 is 1.03 bits per heavy atom. The predicted molar refractivity (Wildman–Crippen MR) is 133 cm³/mol. The van der Waals surface area contributed by atoms with Crippen molar-refractivity contribution in [2.24, 2.45) is 0 Å². The van der Waals surface area contributed by atoms with E-state index >= 15 is 0 Å². The van der Waals surface area contributed by atoms with E-state index in [0.29, 0.717) is 21.0 Å². The number of rotatable bonds is 8. The quantitative estimate of drug-likeness (QED) is 0.529. The summed E-state index contributed by atoms with van der Waals surface area (Å²) < 4.78 is 52.7. The molecule has 0 radical (unpaired) electrons. The summed E-state index contributed by atoms with van der Waals surface area (Å²) in [5.41, 5.74) is -0.281. The van der Waals surface area contributed by atoms with Crippen LogP contribution in [-0.4, -0.2) is 49.5 Å². The van der Waals surface area contributed by atoms with Gasteiger partial charge in [0, 0.05) is 18.2 Å². The van der Waals surface area contributed by atoms with Crippen LogP contribution in [0.2, 0.25) is 10.0 Å². The van der Waals surface area contributed by atoms with Crippen molar-refractivity contribution >= 4 is 50.7 Å². The van der Waals surface area contributed by atoms with E-state index in [1.54, 1.807) is 26.8 Å². The standard InChI is InChI=1S/C23H27Cl2F2N3O4S/c1-14(22(32)28-23(2,3)4)29(12-15-6-8-17(24)18(25)10-15)21(31)13-30(35(5,33)34)16-7-9-19(26)20(27)11-16/h6-11,14H,12-13H2,1-5H3,(H,28,32). The van der Waals surface area contributed by atoms with Gasteiger partial charge < -0.3 is 10.2 Å². The zero-order valence-electron chi connectivity index (χ0n) is 19.9. The minimum Gasteiger partial charge on any atom is -0.350 e. The molecule has 0 fully saturated rings. The smallest absolute Gasteiger partial charge is 0.244 e. The fourth-order valence-corrected chi connectivity index (χ4v) is 4.31. The molecule has 0 saturated carbocycles. The third-order valence-corrected chi connectivity index (χ3v) is 6.75. The maximum absolute atomic E-state index is 13.8. The van der Waals surface area contributed by atoms with Gasteiger partial charge in [0.1, 0.15) is 12.6 Å². The van der Waals surface area contributed by atoms with Crippen LogP contribution in [0.25, 0.3) is 0 Å². The lowest BCUT2D eigenvalue weighted by molar-refractivity contribution is -0.140. The van der Waals surface area contributed by atoms with Crippen molar-refractivity contribution in [3.8, 4) is 0 Å². The molecular formula is C23H27Cl2F2N3O4S. The van der Waals surface area contributed by atoms with Crippen LogP contribution in [0.4, 0.5) is 14.5 Å². The van der Waals surface area contributed by atoms with Gasteiger partial charge in [-0.1, -0.05) is 29.3 Å². The minimum absolute atomic E-state index is 0.0934. The number of nitrogens with zero attached hydrogens (tertiary/aromatic N) is 2. The molecule has 1 atom stereocenters. The molecule has 0 saturated heterocycles. The second-order valence-corrected chi connectivity index (χ2v) is 11.8. The van der Waals surface area contributed by atoms with Gasteiger partial charge in [0.2, 0.25) is 21.8 Å². The van der Waals surface area contributed by atoms with Gasteiger partial charge in [-0.25, -0.2) is 17.2 Å². The van der Waals surface area contributed by atoms with Crippen molar-refractivity contribution in [2.45, 2.75) is 45.8 Å². The van der Waals surface area contributed by atoms with Crippen LogP contribution in [-0.2, 0) is 26.2 Å². The summed E-state index contributed by atoms with van der Waals surface area (Å²) in [6.07, 6.45) is 0.834. The van der Waals surface area contributed by atoms with Crippen molar-refractivity contribution in [2.75, 3.05) is 17.1 Å². The molecule has 7 nitrogen and oxygen atoms in total. The maximum atomic E-state index is 13.8. The Labute approximate surface area is 214 Å². The number of hydrogen-bond donors (Lipinski definition) is 1. The highest BCUT2D eigenvalue weighted by molar-refractivity contribution is 7.92. The molecule has 2 rings (SSSR count). The van der Waals surface area contributed by atoms with E-state index in [2.05, 4.69) is 5.32 Å². The molecule has 2 amide bonds. The summed E-state index contributed by atoms with van der Waals surface area (Å²) in [4.78, 5) is 27.5. The molecule has 35 heavy (non-hydrogen) atoms. The predicted octanol–water partition coefficient (Wildman–Crippen LogP) is 4.37. The number of benzene rings is 2. The first-order valence-electron chi connectivity index (χ1n) is 10.5. The average Bonchev–Trinajstić information content (AvgIpc) is 2.72. The van der Waals surface area contributed by atoms with Crippen LogP contribution in [0.15, 0.2) is 36.4 Å². The average molecular weight is 550 g/mol. The molecule has 0 bridgehead atoms. The number of halogens is 4. The molecule has 2 aromatic rings. The molecule has 0 aliphatic heterocycles. The molecule has 12 heteroatoms. The molecule has 1 N–H and O–H groups in total. The van der Waals surface area contributed by atoms with Crippen LogP contribution in [0.1, 0.15) is 33.3 Å². The molecule has 0 aliphatic carbocycles. The molecule has 0 heterocycles. The largest absolute Gasteiger partial charge is 0.350 e. The van der Waals surface area contributed by atoms with Gasteiger partial charge in [-0.15, -0.1) is 0 Å². The van der Waals surface area contributed by atoms with E-state index in [1.807, 2.05) is 0 Å². The Hall–Kier alpha value is -2.43. The Bertz CT molecular complexity index is 1220. The van der Waals surface area contributed by atoms with E-state index in [1.165, 1.54) is 24.0 Å². The highest BCUT2D eigenvalue weighted by Gasteiger charge is 2.31. The first kappa shape index (κ1) is 28.8. The van der Waals surface area contributed by atoms with E-state index in [4.69, 9.17) is 23.2 Å². The van der Waals surface area contributed by atoms with Crippen LogP contribution in [0.5, 0.6) is 0 Å². The summed E-state index contributed by atoms with van der Waals surface area (Å²) in [5, 5.41) is 3.32. The third kappa shape index (κ3) is 8.05. The number of amides is 2. The van der Waals surface area contributed by atoms with Gasteiger partial charge in [0.15, 0.2) is 11.6 Å². The monoisotopic (exact) mass is 549 g/mol. The molecular weight excluding hydrogens is 523 g/mol. The SMILES string of the molecule is CC(C(=O)NC(C)(C)C)N(Cc1ccc(Cl)c(Cl)c1)C(=O)CN(c1ccc(F)c(F)c1)S(C)(=O)=O. The lowest BCUT2D eigenvalue weighted by Crippen LogP contribution is -2.54. The van der Waals surface area contributed by atoms with Crippen LogP contribution < -0.4 is 9.62 Å². The van der Waals surface area contributed by atoms with Crippen molar-refractivity contribution in [3.63, 3.8) is 0 Å². The summed E-state index contributed by atoms with van der Waals surface area (Å²) in [7, 11) is -4.08. The zero-order valence-corrected chi connectivity index (χ0v) is 22.2. The van der Waals surface area contributed by atoms with E-state index in [-0.39, 0.29) is 17.3 Å². The van der Waals surface area contributed by atoms with Crippen LogP contribution in [0, 0.1) is 11.6 Å². The minimum atomic E-state index is -4.08. The van der Waals surface area contributed by atoms with E-state index in [9.17, 15) is 26.8 Å². The summed E-state index contributed by atoms with van der Waals surface area (Å²) >= 11 is 12.1. The number of anilines is 1. The normalized spacial score (nSPS) is 12.7. The third-order valence-electron chi connectivity index (χ3n) is 4.87. The van der Waals surface area contributed by atoms with Gasteiger partial charge in [-0.2, -0.15) is 0 Å². The maximum Gasteiger partial charge on any atom is 0.244 e. The first-order chi connectivity index (χ1) is 16.0. The van der Waals surface area contributed by atoms with Crippen LogP contribution in [0.3, 0.4) is 0 Å². The zero-order chi connectivity index (χ0) is 26.7. The number of hydrogen-bond acceptors (Lipinski definition) is 4. The van der Waals surface area contributed by atoms with Crippen LogP contribution >= 0.6 is 23.2 Å². The highest BCUT2D eigenvalue weighted by atomic mass is 35.5. The fraction of sp³-hybridized carbons (Fsp3) is 0.391. The second kappa shape index (κ2) is 11.1. The van der Waals surface area contributed by atoms with Gasteiger partial charge in [-0.3, -0.25) is 13.9 Å². The fourth-order valence-electron chi connectivity index (χ4n) is 3.15. The Balaban J connectivity index is 2.45. The van der Waals surface area contributed by atoms with Gasteiger partial charge >= 0.3 is 0 Å². The van der Waals surface area contributed by atoms with Crippen molar-refractivity contribution in [1.29, 1.82) is 0 Å². The Morgan fingerprint density at radius 3 is 2.17 bits per heavy atom. The number of sulfonamides is 1. The summed E-state index contributed by atoms with van der Waals surface area (Å²) in [6, 6.07) is 6.16. The molecule has 192 valence electrons. The molecule has 0 aliphatic rings. The lowest BCUT2D eigenvalue weighted by Gasteiger charge is -2.33. The first-order valence-corrected chi connectivity index (χ1v) is 13.1. The second-order valence-electron chi connectivity index (χ2n) is 9.05. The highest BCUT2D eigenvalue weighted by Crippen LogP contribution is 2.25. The van der Waals surface area contributed by atoms with Crippen molar-refractivity contribution in [1.82, 2.24) is 10.2 Å². The van der Waals surface area contributed by atoms with Gasteiger partial charge in [0.05, 0.1) is 22.0 Å². The molecule has 0 spiro atoms. The van der Waals surface area contributed by atoms with Crippen molar-refractivity contribution < 1.29 is 26.8 Å². The topological polar surface area (TPSA) is 86.8 Å². The Morgan fingerprint density at radius 2 is 1.66 bits per heavy atom. The van der Waals surface area contributed by atoms with E-state index < -0.39 is 51.6 Å². The Kier molecular flexibility index (Phi) is 9.13. The lowest BCUT2D eigenvalue weighted by atomic mass is 10.1. The summed E-state index contributed by atoms with van der Waals surface area (Å²) in [6.45, 7) is 5.98. The van der Waals surface area contributed by atoms with Crippen molar-refractivity contribution in [3.05, 3.63) is 63.6 Å². The molecule has 0 aromatic heterocycles. The molecule has 2 aromatic carbocycles. The molecule has 1 unspecified atom stereocenters. The summed E-state index contributed by atoms with van der Waals surface area (Å²) in [5.74, 6) is -3.65. The van der Waals surface area contributed by atoms with Gasteiger partial charge in [0.25, 0.3) is 0 Å². The number of carbonyl (C=O) groups excluding carboxylic acids is 2. The van der Waals surface area contributed by atoms with E-state index in [0.717, 1.165) is 18.4 Å².